The number of amides is 4. The molecule has 0 bridgehead atoms. The van der Waals surface area contributed by atoms with Gasteiger partial charge in [0.1, 0.15) is 17.7 Å². The van der Waals surface area contributed by atoms with Crippen molar-refractivity contribution in [3.8, 4) is 0 Å². The summed E-state index contributed by atoms with van der Waals surface area (Å²) in [6.45, 7) is 5.77. The Labute approximate surface area is 216 Å². The average molecular weight is 504 g/mol. The Hall–Kier alpha value is -4.21. The number of hydrogen-bond donors (Lipinski definition) is 2. The molecule has 4 amide bonds. The molecule has 3 aromatic rings. The van der Waals surface area contributed by atoms with Gasteiger partial charge in [0, 0.05) is 25.9 Å². The predicted octanol–water partition coefficient (Wildman–Crippen LogP) is 2.91. The molecule has 3 heterocycles. The number of rotatable bonds is 7. The van der Waals surface area contributed by atoms with Crippen LogP contribution in [0.5, 0.6) is 0 Å². The van der Waals surface area contributed by atoms with Gasteiger partial charge in [0.15, 0.2) is 0 Å². The monoisotopic (exact) mass is 503 g/mol. The molecule has 10 heteroatoms. The Morgan fingerprint density at radius 2 is 1.86 bits per heavy atom. The molecule has 3 N–H and O–H groups in total. The van der Waals surface area contributed by atoms with Crippen LogP contribution in [0, 0.1) is 19.8 Å². The first-order valence-corrected chi connectivity index (χ1v) is 12.3. The number of aryl methyl sites for hydroxylation is 3. The Bertz CT molecular complexity index is 1300. The minimum Gasteiger partial charge on any atom is -0.384 e. The SMILES string of the molecule is CC[C@@H](NC(=O)N1C(=O)[C@H](Cc2cc(C)nc(N)c2)[C@H]1C(=O)N(C)c1ccnn1C)c1ccc(C)cc1. The zero-order valence-corrected chi connectivity index (χ0v) is 21.8. The van der Waals surface area contributed by atoms with Gasteiger partial charge in [-0.05, 0) is 49.9 Å². The molecule has 1 saturated heterocycles. The third kappa shape index (κ3) is 5.18. The van der Waals surface area contributed by atoms with Gasteiger partial charge in [-0.2, -0.15) is 5.10 Å². The van der Waals surface area contributed by atoms with E-state index in [1.807, 2.05) is 51.1 Å². The van der Waals surface area contributed by atoms with Crippen molar-refractivity contribution in [1.82, 2.24) is 25.0 Å². The van der Waals surface area contributed by atoms with Crippen molar-refractivity contribution >= 4 is 29.5 Å². The Kier molecular flexibility index (Phi) is 7.28. The lowest BCUT2D eigenvalue weighted by Crippen LogP contribution is -2.70. The van der Waals surface area contributed by atoms with Crippen LogP contribution < -0.4 is 16.0 Å². The van der Waals surface area contributed by atoms with Gasteiger partial charge in [0.2, 0.25) is 5.91 Å². The third-order valence-corrected chi connectivity index (χ3v) is 6.83. The summed E-state index contributed by atoms with van der Waals surface area (Å²) in [5, 5.41) is 7.09. The van der Waals surface area contributed by atoms with Gasteiger partial charge in [0.05, 0.1) is 18.2 Å². The number of nitrogens with zero attached hydrogens (tertiary/aromatic N) is 5. The molecule has 0 saturated carbocycles. The first-order valence-electron chi connectivity index (χ1n) is 12.3. The van der Waals surface area contributed by atoms with E-state index >= 15 is 0 Å². The quantitative estimate of drug-likeness (QED) is 0.478. The molecule has 0 radical (unpaired) electrons. The number of likely N-dealkylation sites (tertiary alicyclic amines) is 1. The summed E-state index contributed by atoms with van der Waals surface area (Å²) in [5.74, 6) is -0.588. The van der Waals surface area contributed by atoms with Crippen molar-refractivity contribution in [2.45, 2.75) is 45.7 Å². The number of hydrogen-bond acceptors (Lipinski definition) is 6. The lowest BCUT2D eigenvalue weighted by molar-refractivity contribution is -0.156. The number of nitrogen functional groups attached to an aromatic ring is 1. The Balaban J connectivity index is 1.61. The van der Waals surface area contributed by atoms with Crippen LogP contribution in [-0.4, -0.2) is 50.6 Å². The molecule has 1 fully saturated rings. The number of aromatic nitrogens is 3. The van der Waals surface area contributed by atoms with Gasteiger partial charge >= 0.3 is 6.03 Å². The lowest BCUT2D eigenvalue weighted by Gasteiger charge is -2.46. The topological polar surface area (TPSA) is 126 Å². The van der Waals surface area contributed by atoms with Crippen LogP contribution in [0.4, 0.5) is 16.4 Å². The van der Waals surface area contributed by atoms with Gasteiger partial charge < -0.3 is 11.1 Å². The van der Waals surface area contributed by atoms with E-state index in [4.69, 9.17) is 5.73 Å². The fourth-order valence-corrected chi connectivity index (χ4v) is 4.84. The number of pyridine rings is 1. The second-order valence-electron chi connectivity index (χ2n) is 9.54. The number of imide groups is 1. The van der Waals surface area contributed by atoms with E-state index in [-0.39, 0.29) is 18.4 Å². The number of likely N-dealkylation sites (N-methyl/N-ethyl adjacent to an activating group) is 1. The summed E-state index contributed by atoms with van der Waals surface area (Å²) < 4.78 is 1.56. The summed E-state index contributed by atoms with van der Waals surface area (Å²) in [7, 11) is 3.34. The van der Waals surface area contributed by atoms with E-state index in [9.17, 15) is 14.4 Å². The number of urea groups is 1. The summed E-state index contributed by atoms with van der Waals surface area (Å²) >= 11 is 0. The highest BCUT2D eigenvalue weighted by molar-refractivity contribution is 6.12. The van der Waals surface area contributed by atoms with Crippen molar-refractivity contribution in [2.75, 3.05) is 17.7 Å². The molecule has 10 nitrogen and oxygen atoms in total. The predicted molar refractivity (Wildman–Crippen MR) is 141 cm³/mol. The van der Waals surface area contributed by atoms with Crippen molar-refractivity contribution in [2.24, 2.45) is 13.0 Å². The summed E-state index contributed by atoms with van der Waals surface area (Å²) in [6, 6.07) is 11.2. The first kappa shape index (κ1) is 25.9. The largest absolute Gasteiger partial charge is 0.384 e. The van der Waals surface area contributed by atoms with Crippen molar-refractivity contribution < 1.29 is 14.4 Å². The Morgan fingerprint density at radius 3 is 2.46 bits per heavy atom. The summed E-state index contributed by atoms with van der Waals surface area (Å²) in [6.07, 6.45) is 2.48. The van der Waals surface area contributed by atoms with E-state index < -0.39 is 23.9 Å². The van der Waals surface area contributed by atoms with Crippen LogP contribution >= 0.6 is 0 Å². The van der Waals surface area contributed by atoms with Crippen molar-refractivity contribution in [1.29, 1.82) is 0 Å². The standard InChI is InChI=1S/C27H33N7O3/c1-6-21(19-9-7-16(2)8-10-19)31-27(37)34-24(26(36)32(4)23-11-12-29-33(23)5)20(25(34)35)14-18-13-17(3)30-22(28)15-18/h7-13,15,20-21,24H,6,14H2,1-5H3,(H2,28,30)(H,31,37)/t20-,21-,24+/m1/s1. The Morgan fingerprint density at radius 1 is 1.16 bits per heavy atom. The summed E-state index contributed by atoms with van der Waals surface area (Å²) in [5.41, 5.74) is 9.46. The van der Waals surface area contributed by atoms with E-state index in [0.717, 1.165) is 27.3 Å². The fourth-order valence-electron chi connectivity index (χ4n) is 4.84. The number of carbonyl (C=O) groups is 3. The molecular formula is C27H33N7O3. The van der Waals surface area contributed by atoms with Crippen LogP contribution in [0.2, 0.25) is 0 Å². The molecule has 194 valence electrons. The van der Waals surface area contributed by atoms with Crippen molar-refractivity contribution in [3.63, 3.8) is 0 Å². The maximum atomic E-state index is 13.7. The molecular weight excluding hydrogens is 470 g/mol. The summed E-state index contributed by atoms with van der Waals surface area (Å²) in [4.78, 5) is 47.1. The molecule has 1 aliphatic heterocycles. The molecule has 3 atom stereocenters. The molecule has 0 unspecified atom stereocenters. The van der Waals surface area contributed by atoms with E-state index in [2.05, 4.69) is 15.4 Å². The smallest absolute Gasteiger partial charge is 0.325 e. The maximum Gasteiger partial charge on any atom is 0.325 e. The van der Waals surface area contributed by atoms with Crippen LogP contribution in [0.1, 0.15) is 41.8 Å². The molecule has 0 spiro atoms. The number of anilines is 2. The molecule has 4 rings (SSSR count). The molecule has 1 aromatic carbocycles. The van der Waals surface area contributed by atoms with Crippen LogP contribution in [0.25, 0.3) is 0 Å². The highest BCUT2D eigenvalue weighted by Gasteiger charge is 2.55. The van der Waals surface area contributed by atoms with Crippen LogP contribution in [0.3, 0.4) is 0 Å². The minimum atomic E-state index is -0.974. The van der Waals surface area contributed by atoms with Gasteiger partial charge in [-0.25, -0.2) is 9.78 Å². The average Bonchev–Trinajstić information content (AvgIpc) is 3.28. The normalized spacial score (nSPS) is 17.8. The van der Waals surface area contributed by atoms with E-state index in [1.165, 1.54) is 4.90 Å². The first-order chi connectivity index (χ1) is 17.6. The number of nitrogens with one attached hydrogen (secondary N) is 1. The molecule has 1 aliphatic rings. The number of nitrogens with two attached hydrogens (primary N) is 1. The third-order valence-electron chi connectivity index (χ3n) is 6.83. The second-order valence-corrected chi connectivity index (χ2v) is 9.54. The number of β-lactam (4-membered cyclic amide) rings is 1. The van der Waals surface area contributed by atoms with Crippen LogP contribution in [0.15, 0.2) is 48.7 Å². The van der Waals surface area contributed by atoms with E-state index in [1.54, 1.807) is 37.1 Å². The molecule has 2 aromatic heterocycles. The van der Waals surface area contributed by atoms with Gasteiger partial charge in [-0.15, -0.1) is 0 Å². The molecule has 0 aliphatic carbocycles. The number of benzene rings is 1. The minimum absolute atomic E-state index is 0.265. The molecule has 37 heavy (non-hydrogen) atoms. The fraction of sp³-hybridized carbons (Fsp3) is 0.370. The van der Waals surface area contributed by atoms with Gasteiger partial charge in [-0.3, -0.25) is 24.1 Å². The van der Waals surface area contributed by atoms with Gasteiger partial charge in [0.25, 0.3) is 5.91 Å². The number of carbonyl (C=O) groups excluding carboxylic acids is 3. The lowest BCUT2D eigenvalue weighted by atomic mass is 9.81. The highest BCUT2D eigenvalue weighted by atomic mass is 16.2. The zero-order valence-electron chi connectivity index (χ0n) is 21.8. The maximum absolute atomic E-state index is 13.7. The van der Waals surface area contributed by atoms with Crippen molar-refractivity contribution in [3.05, 3.63) is 71.0 Å². The zero-order chi connectivity index (χ0) is 26.9. The van der Waals surface area contributed by atoms with Gasteiger partial charge in [-0.1, -0.05) is 36.8 Å². The van der Waals surface area contributed by atoms with E-state index in [0.29, 0.717) is 18.1 Å². The van der Waals surface area contributed by atoms with Crippen LogP contribution in [-0.2, 0) is 23.1 Å². The second kappa shape index (κ2) is 10.4. The highest BCUT2D eigenvalue weighted by Crippen LogP contribution is 2.33.